The molecule has 1 aliphatic rings. The number of para-hydroxylation sites is 1. The SMILES string of the molecule is COCC(=O)N1CCC[C@H]1C(=O)Nc1ccccc1. The number of ether oxygens (including phenoxy) is 1. The van der Waals surface area contributed by atoms with Crippen molar-refractivity contribution in [1.82, 2.24) is 4.90 Å². The first-order valence-corrected chi connectivity index (χ1v) is 6.36. The largest absolute Gasteiger partial charge is 0.375 e. The smallest absolute Gasteiger partial charge is 0.249 e. The number of hydrogen-bond acceptors (Lipinski definition) is 3. The van der Waals surface area contributed by atoms with E-state index in [1.165, 1.54) is 7.11 Å². The topological polar surface area (TPSA) is 58.6 Å². The first kappa shape index (κ1) is 13.5. The number of carbonyl (C=O) groups is 2. The van der Waals surface area contributed by atoms with E-state index >= 15 is 0 Å². The summed E-state index contributed by atoms with van der Waals surface area (Å²) in [7, 11) is 1.48. The molecule has 102 valence electrons. The first-order valence-electron chi connectivity index (χ1n) is 6.36. The number of nitrogens with zero attached hydrogens (tertiary/aromatic N) is 1. The predicted molar refractivity (Wildman–Crippen MR) is 71.7 cm³/mol. The summed E-state index contributed by atoms with van der Waals surface area (Å²) >= 11 is 0. The van der Waals surface area contributed by atoms with E-state index in [-0.39, 0.29) is 24.5 Å². The van der Waals surface area contributed by atoms with Gasteiger partial charge < -0.3 is 15.0 Å². The molecular formula is C14H18N2O3. The lowest BCUT2D eigenvalue weighted by molar-refractivity contribution is -0.139. The molecule has 1 aromatic rings. The number of anilines is 1. The van der Waals surface area contributed by atoms with Crippen LogP contribution in [0.2, 0.25) is 0 Å². The molecule has 1 saturated heterocycles. The van der Waals surface area contributed by atoms with Crippen LogP contribution in [0.4, 0.5) is 5.69 Å². The Morgan fingerprint density at radius 1 is 1.37 bits per heavy atom. The third-order valence-corrected chi connectivity index (χ3v) is 3.18. The van der Waals surface area contributed by atoms with Crippen molar-refractivity contribution < 1.29 is 14.3 Å². The van der Waals surface area contributed by atoms with E-state index in [0.717, 1.165) is 12.1 Å². The second-order valence-electron chi connectivity index (χ2n) is 4.53. The van der Waals surface area contributed by atoms with Crippen molar-refractivity contribution in [3.05, 3.63) is 30.3 Å². The molecule has 0 aromatic heterocycles. The molecule has 1 N–H and O–H groups in total. The molecular weight excluding hydrogens is 244 g/mol. The van der Waals surface area contributed by atoms with E-state index in [0.29, 0.717) is 13.0 Å². The van der Waals surface area contributed by atoms with Crippen LogP contribution in [0, 0.1) is 0 Å². The summed E-state index contributed by atoms with van der Waals surface area (Å²) in [4.78, 5) is 25.6. The third kappa shape index (κ3) is 3.32. The lowest BCUT2D eigenvalue weighted by Gasteiger charge is -2.23. The van der Waals surface area contributed by atoms with Gasteiger partial charge in [-0.25, -0.2) is 0 Å². The highest BCUT2D eigenvalue weighted by atomic mass is 16.5. The van der Waals surface area contributed by atoms with Crippen LogP contribution >= 0.6 is 0 Å². The molecule has 1 fully saturated rings. The van der Waals surface area contributed by atoms with Gasteiger partial charge in [-0.05, 0) is 25.0 Å². The van der Waals surface area contributed by atoms with Crippen molar-refractivity contribution >= 4 is 17.5 Å². The van der Waals surface area contributed by atoms with Crippen LogP contribution < -0.4 is 5.32 Å². The van der Waals surface area contributed by atoms with Gasteiger partial charge in [0.1, 0.15) is 12.6 Å². The predicted octanol–water partition coefficient (Wildman–Crippen LogP) is 1.26. The number of carbonyl (C=O) groups excluding carboxylic acids is 2. The van der Waals surface area contributed by atoms with Crippen LogP contribution in [0.5, 0.6) is 0 Å². The molecule has 0 radical (unpaired) electrons. The van der Waals surface area contributed by atoms with E-state index in [9.17, 15) is 9.59 Å². The van der Waals surface area contributed by atoms with Crippen molar-refractivity contribution in [1.29, 1.82) is 0 Å². The summed E-state index contributed by atoms with van der Waals surface area (Å²) in [6.07, 6.45) is 1.55. The van der Waals surface area contributed by atoms with Gasteiger partial charge in [0, 0.05) is 19.3 Å². The van der Waals surface area contributed by atoms with E-state index in [4.69, 9.17) is 4.74 Å². The average Bonchev–Trinajstić information content (AvgIpc) is 2.89. The Hall–Kier alpha value is -1.88. The minimum Gasteiger partial charge on any atom is -0.375 e. The molecule has 1 atom stereocenters. The second-order valence-corrected chi connectivity index (χ2v) is 4.53. The number of methoxy groups -OCH3 is 1. The van der Waals surface area contributed by atoms with Gasteiger partial charge in [0.05, 0.1) is 0 Å². The number of amides is 2. The monoisotopic (exact) mass is 262 g/mol. The Morgan fingerprint density at radius 2 is 2.11 bits per heavy atom. The molecule has 2 rings (SSSR count). The zero-order valence-corrected chi connectivity index (χ0v) is 11.0. The van der Waals surface area contributed by atoms with E-state index in [1.807, 2.05) is 30.3 Å². The van der Waals surface area contributed by atoms with Gasteiger partial charge in [0.15, 0.2) is 0 Å². The fourth-order valence-electron chi connectivity index (χ4n) is 2.29. The number of likely N-dealkylation sites (tertiary alicyclic amines) is 1. The maximum atomic E-state index is 12.2. The molecule has 0 aliphatic carbocycles. The van der Waals surface area contributed by atoms with Crippen molar-refractivity contribution in [3.63, 3.8) is 0 Å². The second kappa shape index (κ2) is 6.33. The maximum Gasteiger partial charge on any atom is 0.249 e. The van der Waals surface area contributed by atoms with Gasteiger partial charge in [-0.3, -0.25) is 9.59 Å². The highest BCUT2D eigenvalue weighted by molar-refractivity contribution is 5.97. The van der Waals surface area contributed by atoms with E-state index < -0.39 is 0 Å². The van der Waals surface area contributed by atoms with Crippen LogP contribution in [0.3, 0.4) is 0 Å². The van der Waals surface area contributed by atoms with Gasteiger partial charge in [-0.1, -0.05) is 18.2 Å². The lowest BCUT2D eigenvalue weighted by atomic mass is 10.2. The summed E-state index contributed by atoms with van der Waals surface area (Å²) in [5.41, 5.74) is 0.749. The quantitative estimate of drug-likeness (QED) is 0.888. The summed E-state index contributed by atoms with van der Waals surface area (Å²) < 4.78 is 4.84. The van der Waals surface area contributed by atoms with Crippen LogP contribution in [0.25, 0.3) is 0 Å². The Bertz CT molecular complexity index is 447. The van der Waals surface area contributed by atoms with E-state index in [1.54, 1.807) is 4.90 Å². The zero-order valence-electron chi connectivity index (χ0n) is 11.0. The Kier molecular flexibility index (Phi) is 4.52. The van der Waals surface area contributed by atoms with Gasteiger partial charge >= 0.3 is 0 Å². The first-order chi connectivity index (χ1) is 9.22. The third-order valence-electron chi connectivity index (χ3n) is 3.18. The number of benzene rings is 1. The minimum absolute atomic E-state index is 0.0229. The molecule has 1 aliphatic heterocycles. The Morgan fingerprint density at radius 3 is 2.79 bits per heavy atom. The Balaban J connectivity index is 2.00. The van der Waals surface area contributed by atoms with Gasteiger partial charge in [-0.15, -0.1) is 0 Å². The van der Waals surface area contributed by atoms with Crippen LogP contribution in [0.1, 0.15) is 12.8 Å². The molecule has 0 unspecified atom stereocenters. The molecule has 2 amide bonds. The summed E-state index contributed by atoms with van der Waals surface area (Å²) in [5, 5.41) is 2.84. The molecule has 5 nitrogen and oxygen atoms in total. The number of rotatable bonds is 4. The van der Waals surface area contributed by atoms with Crippen LogP contribution in [-0.2, 0) is 14.3 Å². The normalized spacial score (nSPS) is 18.4. The van der Waals surface area contributed by atoms with Crippen molar-refractivity contribution in [2.24, 2.45) is 0 Å². The zero-order chi connectivity index (χ0) is 13.7. The van der Waals surface area contributed by atoms with Crippen LogP contribution in [0.15, 0.2) is 30.3 Å². The summed E-state index contributed by atoms with van der Waals surface area (Å²) in [6, 6.07) is 8.88. The van der Waals surface area contributed by atoms with Gasteiger partial charge in [0.2, 0.25) is 11.8 Å². The molecule has 5 heteroatoms. The fourth-order valence-corrected chi connectivity index (χ4v) is 2.29. The standard InChI is InChI=1S/C14H18N2O3/c1-19-10-13(17)16-9-5-8-12(16)14(18)15-11-6-3-2-4-7-11/h2-4,6-7,12H,5,8-10H2,1H3,(H,15,18)/t12-/m0/s1. The van der Waals surface area contributed by atoms with E-state index in [2.05, 4.69) is 5.32 Å². The highest BCUT2D eigenvalue weighted by Gasteiger charge is 2.33. The molecule has 0 saturated carbocycles. The highest BCUT2D eigenvalue weighted by Crippen LogP contribution is 2.19. The average molecular weight is 262 g/mol. The molecule has 0 spiro atoms. The number of nitrogens with one attached hydrogen (secondary N) is 1. The number of hydrogen-bond donors (Lipinski definition) is 1. The molecule has 19 heavy (non-hydrogen) atoms. The van der Waals surface area contributed by atoms with Crippen molar-refractivity contribution in [2.45, 2.75) is 18.9 Å². The van der Waals surface area contributed by atoms with Gasteiger partial charge in [-0.2, -0.15) is 0 Å². The molecule has 1 heterocycles. The van der Waals surface area contributed by atoms with Crippen LogP contribution in [-0.4, -0.2) is 43.0 Å². The minimum atomic E-state index is -0.386. The molecule has 1 aromatic carbocycles. The summed E-state index contributed by atoms with van der Waals surface area (Å²) in [5.74, 6) is -0.263. The maximum absolute atomic E-state index is 12.2. The van der Waals surface area contributed by atoms with Crippen molar-refractivity contribution in [2.75, 3.05) is 25.6 Å². The van der Waals surface area contributed by atoms with Gasteiger partial charge in [0.25, 0.3) is 0 Å². The molecule has 0 bridgehead atoms. The fraction of sp³-hybridized carbons (Fsp3) is 0.429. The van der Waals surface area contributed by atoms with Crippen molar-refractivity contribution in [3.8, 4) is 0 Å². The summed E-state index contributed by atoms with van der Waals surface area (Å²) in [6.45, 7) is 0.643. The lowest BCUT2D eigenvalue weighted by Crippen LogP contribution is -2.44. The Labute approximate surface area is 112 Å².